The summed E-state index contributed by atoms with van der Waals surface area (Å²) in [6.07, 6.45) is 2.75. The summed E-state index contributed by atoms with van der Waals surface area (Å²) in [4.78, 5) is 22.9. The molecule has 132 valence electrons. The molecule has 2 aromatic rings. The maximum absolute atomic E-state index is 14.3. The van der Waals surface area contributed by atoms with Gasteiger partial charge in [0.1, 0.15) is 11.5 Å². The molecule has 0 atom stereocenters. The van der Waals surface area contributed by atoms with Crippen molar-refractivity contribution >= 4 is 11.9 Å². The third-order valence-corrected chi connectivity index (χ3v) is 4.33. The minimum atomic E-state index is -0.894. The largest absolute Gasteiger partial charge is 0.481 e. The van der Waals surface area contributed by atoms with Gasteiger partial charge in [0.15, 0.2) is 5.69 Å². The van der Waals surface area contributed by atoms with Gasteiger partial charge in [0, 0.05) is 24.2 Å². The van der Waals surface area contributed by atoms with E-state index in [-0.39, 0.29) is 24.7 Å². The van der Waals surface area contributed by atoms with Gasteiger partial charge in [0.2, 0.25) is 0 Å². The molecule has 0 aliphatic heterocycles. The molecule has 1 amide bonds. The maximum Gasteiger partial charge on any atom is 0.303 e. The number of carbonyl (C=O) groups is 2. The van der Waals surface area contributed by atoms with E-state index in [0.29, 0.717) is 17.8 Å². The number of nitrogens with one attached hydrogen (secondary N) is 1. The fourth-order valence-electron chi connectivity index (χ4n) is 3.13. The van der Waals surface area contributed by atoms with Crippen LogP contribution in [0.3, 0.4) is 0 Å². The summed E-state index contributed by atoms with van der Waals surface area (Å²) in [5.74, 6) is -1.60. The van der Waals surface area contributed by atoms with Gasteiger partial charge in [-0.1, -0.05) is 6.07 Å². The summed E-state index contributed by atoms with van der Waals surface area (Å²) in [5, 5.41) is 15.7. The molecule has 0 saturated carbocycles. The molecule has 0 saturated heterocycles. The second-order valence-electron chi connectivity index (χ2n) is 6.25. The van der Waals surface area contributed by atoms with E-state index in [1.165, 1.54) is 10.7 Å². The number of aryl methyl sites for hydroxylation is 1. The molecular formula is C18H20FN3O3. The van der Waals surface area contributed by atoms with Crippen LogP contribution in [0.2, 0.25) is 0 Å². The fourth-order valence-corrected chi connectivity index (χ4v) is 3.13. The Morgan fingerprint density at radius 1 is 1.36 bits per heavy atom. The summed E-state index contributed by atoms with van der Waals surface area (Å²) < 4.78 is 15.9. The van der Waals surface area contributed by atoms with Gasteiger partial charge >= 0.3 is 5.97 Å². The lowest BCUT2D eigenvalue weighted by Gasteiger charge is -2.07. The normalized spacial score (nSPS) is 12.9. The minimum Gasteiger partial charge on any atom is -0.481 e. The number of carbonyl (C=O) groups excluding carboxylic acids is 1. The Morgan fingerprint density at radius 3 is 2.88 bits per heavy atom. The second-order valence-corrected chi connectivity index (χ2v) is 6.25. The van der Waals surface area contributed by atoms with Gasteiger partial charge in [-0.25, -0.2) is 9.07 Å². The monoisotopic (exact) mass is 345 g/mol. The highest BCUT2D eigenvalue weighted by atomic mass is 19.1. The zero-order valence-corrected chi connectivity index (χ0v) is 14.0. The number of amides is 1. The van der Waals surface area contributed by atoms with Crippen LogP contribution in [0.15, 0.2) is 18.2 Å². The molecule has 7 heteroatoms. The number of fused-ring (bicyclic) bond motifs is 1. The summed E-state index contributed by atoms with van der Waals surface area (Å²) in [6, 6.07) is 4.93. The third-order valence-electron chi connectivity index (χ3n) is 4.33. The number of hydrogen-bond donors (Lipinski definition) is 2. The van der Waals surface area contributed by atoms with Crippen molar-refractivity contribution in [1.29, 1.82) is 0 Å². The number of rotatable bonds is 6. The summed E-state index contributed by atoms with van der Waals surface area (Å²) in [5.41, 5.74) is 3.20. The highest BCUT2D eigenvalue weighted by molar-refractivity contribution is 5.94. The molecular weight excluding hydrogens is 325 g/mol. The molecule has 0 spiro atoms. The average molecular weight is 345 g/mol. The SMILES string of the molecule is Cc1ccc(-n2nc(C(=O)NCCCC(=O)O)c3c2CCC3)c(F)c1. The van der Waals surface area contributed by atoms with Gasteiger partial charge in [-0.2, -0.15) is 5.10 Å². The zero-order chi connectivity index (χ0) is 18.0. The molecule has 1 aromatic heterocycles. The lowest BCUT2D eigenvalue weighted by Crippen LogP contribution is -2.26. The molecule has 1 heterocycles. The van der Waals surface area contributed by atoms with E-state index in [2.05, 4.69) is 10.4 Å². The van der Waals surface area contributed by atoms with Crippen LogP contribution < -0.4 is 5.32 Å². The third kappa shape index (κ3) is 3.55. The first-order valence-corrected chi connectivity index (χ1v) is 8.34. The van der Waals surface area contributed by atoms with Crippen molar-refractivity contribution in [2.75, 3.05) is 6.54 Å². The molecule has 1 aromatic carbocycles. The van der Waals surface area contributed by atoms with Crippen LogP contribution >= 0.6 is 0 Å². The molecule has 1 aliphatic rings. The minimum absolute atomic E-state index is 0.00139. The first kappa shape index (κ1) is 17.1. The van der Waals surface area contributed by atoms with E-state index >= 15 is 0 Å². The van der Waals surface area contributed by atoms with Crippen molar-refractivity contribution in [2.45, 2.75) is 39.0 Å². The Labute approximate surface area is 144 Å². The lowest BCUT2D eigenvalue weighted by atomic mass is 10.2. The lowest BCUT2D eigenvalue weighted by molar-refractivity contribution is -0.137. The number of hydrogen-bond acceptors (Lipinski definition) is 3. The zero-order valence-electron chi connectivity index (χ0n) is 14.0. The number of halogens is 1. The van der Waals surface area contributed by atoms with Gasteiger partial charge in [0.05, 0.1) is 0 Å². The van der Waals surface area contributed by atoms with Crippen LogP contribution in [0, 0.1) is 12.7 Å². The molecule has 6 nitrogen and oxygen atoms in total. The molecule has 0 bridgehead atoms. The van der Waals surface area contributed by atoms with Crippen molar-refractivity contribution < 1.29 is 19.1 Å². The highest BCUT2D eigenvalue weighted by Crippen LogP contribution is 2.28. The quantitative estimate of drug-likeness (QED) is 0.788. The van der Waals surface area contributed by atoms with Gasteiger partial charge < -0.3 is 10.4 Å². The molecule has 25 heavy (non-hydrogen) atoms. The molecule has 1 aliphatic carbocycles. The van der Waals surface area contributed by atoms with Crippen molar-refractivity contribution in [3.8, 4) is 5.69 Å². The van der Waals surface area contributed by atoms with Crippen molar-refractivity contribution in [2.24, 2.45) is 0 Å². The summed E-state index contributed by atoms with van der Waals surface area (Å²) in [6.45, 7) is 2.09. The van der Waals surface area contributed by atoms with E-state index < -0.39 is 5.97 Å². The van der Waals surface area contributed by atoms with Crippen LogP contribution in [0.4, 0.5) is 4.39 Å². The predicted octanol–water partition coefficient (Wildman–Crippen LogP) is 2.40. The van der Waals surface area contributed by atoms with E-state index in [4.69, 9.17) is 5.11 Å². The van der Waals surface area contributed by atoms with Gasteiger partial charge in [-0.05, 0) is 50.3 Å². The average Bonchev–Trinajstić information content (AvgIpc) is 3.14. The van der Waals surface area contributed by atoms with Crippen LogP contribution in [0.1, 0.15) is 46.6 Å². The van der Waals surface area contributed by atoms with Gasteiger partial charge in [-0.3, -0.25) is 9.59 Å². The number of carboxylic acids is 1. The van der Waals surface area contributed by atoms with E-state index in [0.717, 1.165) is 36.1 Å². The highest BCUT2D eigenvalue weighted by Gasteiger charge is 2.27. The topological polar surface area (TPSA) is 84.2 Å². The van der Waals surface area contributed by atoms with Gasteiger partial charge in [-0.15, -0.1) is 0 Å². The Bertz CT molecular complexity index is 829. The number of aliphatic carboxylic acids is 1. The standard InChI is InChI=1S/C18H20FN3O3/c1-11-7-8-15(13(19)10-11)22-14-5-2-4-12(14)17(21-22)18(25)20-9-3-6-16(23)24/h7-8,10H,2-6,9H2,1H3,(H,20,25)(H,23,24). The van der Waals surface area contributed by atoms with Crippen molar-refractivity contribution in [3.05, 3.63) is 46.5 Å². The Morgan fingerprint density at radius 2 is 2.16 bits per heavy atom. The van der Waals surface area contributed by atoms with Crippen LogP contribution in [0.25, 0.3) is 5.69 Å². The number of nitrogens with zero attached hydrogens (tertiary/aromatic N) is 2. The van der Waals surface area contributed by atoms with Crippen molar-refractivity contribution in [1.82, 2.24) is 15.1 Å². The molecule has 2 N–H and O–H groups in total. The Hall–Kier alpha value is -2.70. The number of aromatic nitrogens is 2. The molecule has 0 radical (unpaired) electrons. The van der Waals surface area contributed by atoms with Crippen LogP contribution in [-0.2, 0) is 17.6 Å². The second kappa shape index (κ2) is 7.04. The molecule has 0 fully saturated rings. The van der Waals surface area contributed by atoms with E-state index in [1.54, 1.807) is 6.07 Å². The first-order valence-electron chi connectivity index (χ1n) is 8.34. The Balaban J connectivity index is 1.84. The van der Waals surface area contributed by atoms with Crippen LogP contribution in [0.5, 0.6) is 0 Å². The van der Waals surface area contributed by atoms with Crippen LogP contribution in [-0.4, -0.2) is 33.3 Å². The Kier molecular flexibility index (Phi) is 4.83. The first-order chi connectivity index (χ1) is 12.0. The summed E-state index contributed by atoms with van der Waals surface area (Å²) >= 11 is 0. The van der Waals surface area contributed by atoms with E-state index in [9.17, 15) is 14.0 Å². The maximum atomic E-state index is 14.3. The van der Waals surface area contributed by atoms with Crippen molar-refractivity contribution in [3.63, 3.8) is 0 Å². The smallest absolute Gasteiger partial charge is 0.303 e. The van der Waals surface area contributed by atoms with Gasteiger partial charge in [0.25, 0.3) is 5.91 Å². The fraction of sp³-hybridized carbons (Fsp3) is 0.389. The molecule has 0 unspecified atom stereocenters. The number of benzene rings is 1. The summed E-state index contributed by atoms with van der Waals surface area (Å²) in [7, 11) is 0. The van der Waals surface area contributed by atoms with E-state index in [1.807, 2.05) is 13.0 Å². The predicted molar refractivity (Wildman–Crippen MR) is 89.5 cm³/mol. The number of carboxylic acid groups (broad SMARTS) is 1. The molecule has 3 rings (SSSR count).